The van der Waals surface area contributed by atoms with E-state index < -0.39 is 6.16 Å². The molecule has 0 aliphatic heterocycles. The molecule has 4 rings (SSSR count). The van der Waals surface area contributed by atoms with E-state index in [0.29, 0.717) is 11.3 Å². The van der Waals surface area contributed by atoms with Gasteiger partial charge in [0.05, 0.1) is 11.4 Å². The van der Waals surface area contributed by atoms with Crippen LogP contribution in [-0.4, -0.2) is 26.3 Å². The van der Waals surface area contributed by atoms with Gasteiger partial charge in [-0.25, -0.2) is 4.79 Å². The van der Waals surface area contributed by atoms with E-state index in [0.717, 1.165) is 22.3 Å². The molecule has 0 saturated heterocycles. The lowest BCUT2D eigenvalue weighted by molar-refractivity contribution is 0.134. The van der Waals surface area contributed by atoms with Crippen LogP contribution < -0.4 is 4.74 Å². The van der Waals surface area contributed by atoms with Crippen molar-refractivity contribution in [1.82, 2.24) is 15.0 Å². The van der Waals surface area contributed by atoms with Crippen LogP contribution in [0.3, 0.4) is 0 Å². The number of carbonyl (C=O) groups is 1. The summed E-state index contributed by atoms with van der Waals surface area (Å²) in [6.45, 7) is 1.90. The van der Waals surface area contributed by atoms with Crippen molar-refractivity contribution < 1.29 is 19.1 Å². The van der Waals surface area contributed by atoms with Crippen molar-refractivity contribution in [3.8, 4) is 22.9 Å². The number of hydrogen-bond acceptors (Lipinski definition) is 5. The molecule has 0 spiro atoms. The highest BCUT2D eigenvalue weighted by molar-refractivity contribution is 5.81. The lowest BCUT2D eigenvalue weighted by Gasteiger charge is -1.99. The quantitative estimate of drug-likeness (QED) is 0.568. The molecule has 124 valence electrons. The highest BCUT2D eigenvalue weighted by atomic mass is 16.7. The van der Waals surface area contributed by atoms with Gasteiger partial charge in [0.2, 0.25) is 0 Å². The Kier molecular flexibility index (Phi) is 3.46. The van der Waals surface area contributed by atoms with Gasteiger partial charge in [0.1, 0.15) is 11.3 Å². The van der Waals surface area contributed by atoms with Crippen LogP contribution in [0.15, 0.2) is 59.0 Å². The molecule has 0 amide bonds. The predicted molar refractivity (Wildman–Crippen MR) is 90.0 cm³/mol. The van der Waals surface area contributed by atoms with Crippen LogP contribution in [0.25, 0.3) is 27.9 Å². The van der Waals surface area contributed by atoms with Gasteiger partial charge in [-0.3, -0.25) is 0 Å². The standard InChI is InChI=1S/C18H13N3O4/c1-11-17(12-5-3-2-4-6-12)20-21(19-11)14-8-7-13-9-16(25-18(22)23)24-15(13)10-14/h2-10H,1H3,(H,22,23). The second-order valence-electron chi connectivity index (χ2n) is 5.45. The number of ether oxygens (including phenoxy) is 1. The van der Waals surface area contributed by atoms with Gasteiger partial charge in [-0.05, 0) is 19.1 Å². The molecule has 7 heteroatoms. The first-order valence-electron chi connectivity index (χ1n) is 7.54. The Balaban J connectivity index is 1.73. The summed E-state index contributed by atoms with van der Waals surface area (Å²) >= 11 is 0. The smallest absolute Gasteiger partial charge is 0.449 e. The van der Waals surface area contributed by atoms with Crippen LogP contribution in [0.2, 0.25) is 0 Å². The van der Waals surface area contributed by atoms with Crippen molar-refractivity contribution in [1.29, 1.82) is 0 Å². The van der Waals surface area contributed by atoms with E-state index in [1.165, 1.54) is 10.9 Å². The van der Waals surface area contributed by atoms with E-state index in [1.54, 1.807) is 12.1 Å². The van der Waals surface area contributed by atoms with Crippen molar-refractivity contribution in [2.75, 3.05) is 0 Å². The third-order valence-electron chi connectivity index (χ3n) is 3.73. The monoisotopic (exact) mass is 335 g/mol. The summed E-state index contributed by atoms with van der Waals surface area (Å²) in [6.07, 6.45) is -1.42. The summed E-state index contributed by atoms with van der Waals surface area (Å²) in [4.78, 5) is 12.1. The Morgan fingerprint density at radius 2 is 1.92 bits per heavy atom. The molecule has 0 aliphatic carbocycles. The molecule has 4 aromatic rings. The van der Waals surface area contributed by atoms with Crippen molar-refractivity contribution in [2.45, 2.75) is 6.92 Å². The average molecular weight is 335 g/mol. The molecular formula is C18H13N3O4. The summed E-state index contributed by atoms with van der Waals surface area (Å²) in [7, 11) is 0. The first-order chi connectivity index (χ1) is 12.1. The summed E-state index contributed by atoms with van der Waals surface area (Å²) in [5, 5.41) is 18.4. The fourth-order valence-electron chi connectivity index (χ4n) is 2.61. The lowest BCUT2D eigenvalue weighted by atomic mass is 10.1. The molecule has 25 heavy (non-hydrogen) atoms. The van der Waals surface area contributed by atoms with E-state index in [1.807, 2.05) is 43.3 Å². The fraction of sp³-hybridized carbons (Fsp3) is 0.0556. The number of rotatable bonds is 3. The number of carboxylic acid groups (broad SMARTS) is 1. The summed E-state index contributed by atoms with van der Waals surface area (Å²) in [5.41, 5.74) is 3.79. The van der Waals surface area contributed by atoms with E-state index in [4.69, 9.17) is 9.52 Å². The second-order valence-corrected chi connectivity index (χ2v) is 5.45. The van der Waals surface area contributed by atoms with Crippen molar-refractivity contribution in [3.05, 3.63) is 60.3 Å². The van der Waals surface area contributed by atoms with E-state index in [9.17, 15) is 4.79 Å². The lowest BCUT2D eigenvalue weighted by Crippen LogP contribution is -2.01. The minimum atomic E-state index is -1.42. The number of aromatic nitrogens is 3. The van der Waals surface area contributed by atoms with Gasteiger partial charge in [-0.15, -0.1) is 5.10 Å². The predicted octanol–water partition coefficient (Wildman–Crippen LogP) is 4.05. The number of furan rings is 1. The molecule has 2 aromatic heterocycles. The Morgan fingerprint density at radius 1 is 1.12 bits per heavy atom. The van der Waals surface area contributed by atoms with Gasteiger partial charge in [0, 0.05) is 23.1 Å². The summed E-state index contributed by atoms with van der Waals surface area (Å²) < 4.78 is 9.93. The zero-order valence-corrected chi connectivity index (χ0v) is 13.2. The van der Waals surface area contributed by atoms with Crippen LogP contribution in [0.1, 0.15) is 5.69 Å². The molecule has 2 aromatic carbocycles. The van der Waals surface area contributed by atoms with Gasteiger partial charge in [0.15, 0.2) is 0 Å². The maximum absolute atomic E-state index is 10.6. The molecule has 1 N–H and O–H groups in total. The van der Waals surface area contributed by atoms with Gasteiger partial charge < -0.3 is 14.3 Å². The molecule has 0 radical (unpaired) electrons. The summed E-state index contributed by atoms with van der Waals surface area (Å²) in [5.74, 6) is -0.0748. The van der Waals surface area contributed by atoms with Gasteiger partial charge in [-0.2, -0.15) is 9.90 Å². The molecule has 0 aliphatic rings. The topological polar surface area (TPSA) is 90.4 Å². The zero-order valence-electron chi connectivity index (χ0n) is 13.2. The van der Waals surface area contributed by atoms with E-state index in [2.05, 4.69) is 14.9 Å². The van der Waals surface area contributed by atoms with Crippen LogP contribution in [0.5, 0.6) is 5.95 Å². The number of fused-ring (bicyclic) bond motifs is 1. The number of aryl methyl sites for hydroxylation is 1. The van der Waals surface area contributed by atoms with Crippen LogP contribution in [-0.2, 0) is 0 Å². The molecule has 0 saturated carbocycles. The Morgan fingerprint density at radius 3 is 2.68 bits per heavy atom. The van der Waals surface area contributed by atoms with E-state index >= 15 is 0 Å². The van der Waals surface area contributed by atoms with Crippen LogP contribution in [0, 0.1) is 6.92 Å². The highest BCUT2D eigenvalue weighted by Gasteiger charge is 2.13. The Labute approximate surface area is 142 Å². The van der Waals surface area contributed by atoms with Gasteiger partial charge in [-0.1, -0.05) is 30.3 Å². The third-order valence-corrected chi connectivity index (χ3v) is 3.73. The molecule has 0 unspecified atom stereocenters. The Bertz CT molecular complexity index is 1070. The minimum Gasteiger partial charge on any atom is -0.449 e. The highest BCUT2D eigenvalue weighted by Crippen LogP contribution is 2.27. The van der Waals surface area contributed by atoms with Crippen molar-refractivity contribution in [3.63, 3.8) is 0 Å². The van der Waals surface area contributed by atoms with Crippen LogP contribution >= 0.6 is 0 Å². The first kappa shape index (κ1) is 14.9. The van der Waals surface area contributed by atoms with Crippen LogP contribution in [0.4, 0.5) is 4.79 Å². The zero-order chi connectivity index (χ0) is 17.4. The van der Waals surface area contributed by atoms with Gasteiger partial charge >= 0.3 is 6.16 Å². The average Bonchev–Trinajstić information content (AvgIpc) is 3.17. The Hall–Kier alpha value is -3.61. The normalized spacial score (nSPS) is 10.9. The number of hydrogen-bond donors (Lipinski definition) is 1. The van der Waals surface area contributed by atoms with Crippen molar-refractivity contribution in [2.24, 2.45) is 0 Å². The molecular weight excluding hydrogens is 322 g/mol. The van der Waals surface area contributed by atoms with E-state index in [-0.39, 0.29) is 5.95 Å². The number of benzene rings is 2. The fourth-order valence-corrected chi connectivity index (χ4v) is 2.61. The van der Waals surface area contributed by atoms with Crippen molar-refractivity contribution >= 4 is 17.1 Å². The largest absolute Gasteiger partial charge is 0.513 e. The first-order valence-corrected chi connectivity index (χ1v) is 7.54. The maximum atomic E-state index is 10.6. The third kappa shape index (κ3) is 2.83. The SMILES string of the molecule is Cc1nn(-c2ccc3cc(OC(=O)O)oc3c2)nc1-c1ccccc1. The maximum Gasteiger partial charge on any atom is 0.513 e. The number of nitrogens with zero attached hydrogens (tertiary/aromatic N) is 3. The molecule has 0 fully saturated rings. The molecule has 7 nitrogen and oxygen atoms in total. The second kappa shape index (κ2) is 5.79. The minimum absolute atomic E-state index is 0.0748. The molecule has 2 heterocycles. The van der Waals surface area contributed by atoms with Gasteiger partial charge in [0.25, 0.3) is 5.95 Å². The summed E-state index contributed by atoms with van der Waals surface area (Å²) in [6, 6.07) is 16.7. The molecule has 0 bridgehead atoms. The molecule has 0 atom stereocenters.